The molecule has 2 atom stereocenters. The maximum Gasteiger partial charge on any atom is 0.123 e. The number of ether oxygens (including phenoxy) is 1. The van der Waals surface area contributed by atoms with Crippen LogP contribution in [0, 0.1) is 5.92 Å². The highest BCUT2D eigenvalue weighted by Gasteiger charge is 2.51. The highest BCUT2D eigenvalue weighted by atomic mass is 16.5. The fraction of sp³-hybridized carbons (Fsp3) is 0.647. The number of hydrogen-bond donors (Lipinski definition) is 2. The van der Waals surface area contributed by atoms with Gasteiger partial charge in [-0.15, -0.1) is 0 Å². The van der Waals surface area contributed by atoms with Crippen LogP contribution in [-0.4, -0.2) is 23.9 Å². The predicted molar refractivity (Wildman–Crippen MR) is 79.9 cm³/mol. The van der Waals surface area contributed by atoms with E-state index in [0.29, 0.717) is 19.1 Å². The van der Waals surface area contributed by atoms with Gasteiger partial charge in [0.05, 0.1) is 12.2 Å². The Hall–Kier alpha value is -1.06. The van der Waals surface area contributed by atoms with Gasteiger partial charge in [-0.25, -0.2) is 0 Å². The molecule has 0 radical (unpaired) electrons. The van der Waals surface area contributed by atoms with Gasteiger partial charge in [0, 0.05) is 17.5 Å². The Bertz CT molecular complexity index is 482. The molecule has 1 aromatic rings. The zero-order valence-electron chi connectivity index (χ0n) is 12.3. The van der Waals surface area contributed by atoms with Crippen LogP contribution in [0.2, 0.25) is 0 Å². The number of para-hydroxylation sites is 1. The van der Waals surface area contributed by atoms with E-state index in [9.17, 15) is 5.11 Å². The number of fused-ring (bicyclic) bond motifs is 1. The van der Waals surface area contributed by atoms with E-state index >= 15 is 0 Å². The summed E-state index contributed by atoms with van der Waals surface area (Å²) in [4.78, 5) is 0. The fourth-order valence-corrected chi connectivity index (χ4v) is 3.90. The Balaban J connectivity index is 1.98. The van der Waals surface area contributed by atoms with E-state index in [1.165, 1.54) is 19.3 Å². The maximum atomic E-state index is 11.2. The Kier molecular flexibility index (Phi) is 3.51. The van der Waals surface area contributed by atoms with Crippen molar-refractivity contribution in [3.05, 3.63) is 29.8 Å². The average Bonchev–Trinajstić information content (AvgIpc) is 2.42. The molecule has 110 valence electrons. The highest BCUT2D eigenvalue weighted by Crippen LogP contribution is 2.49. The minimum Gasteiger partial charge on any atom is -0.493 e. The van der Waals surface area contributed by atoms with E-state index in [4.69, 9.17) is 10.5 Å². The van der Waals surface area contributed by atoms with Gasteiger partial charge in [-0.05, 0) is 31.7 Å². The third kappa shape index (κ3) is 2.04. The van der Waals surface area contributed by atoms with Crippen LogP contribution in [0.4, 0.5) is 0 Å². The Morgan fingerprint density at radius 2 is 2.15 bits per heavy atom. The molecule has 0 amide bonds. The minimum atomic E-state index is -0.771. The van der Waals surface area contributed by atoms with Crippen molar-refractivity contribution in [1.29, 1.82) is 0 Å². The van der Waals surface area contributed by atoms with Gasteiger partial charge in [-0.1, -0.05) is 37.5 Å². The third-order valence-corrected chi connectivity index (χ3v) is 5.48. The van der Waals surface area contributed by atoms with Crippen molar-refractivity contribution in [1.82, 2.24) is 0 Å². The fourth-order valence-electron chi connectivity index (χ4n) is 3.90. The summed E-state index contributed by atoms with van der Waals surface area (Å²) in [5, 5.41) is 11.2. The average molecular weight is 275 g/mol. The largest absolute Gasteiger partial charge is 0.493 e. The van der Waals surface area contributed by atoms with Gasteiger partial charge in [0.1, 0.15) is 5.75 Å². The van der Waals surface area contributed by atoms with Crippen LogP contribution in [0.1, 0.15) is 44.6 Å². The van der Waals surface area contributed by atoms with Crippen molar-refractivity contribution in [3.63, 3.8) is 0 Å². The molecular formula is C17H25NO2. The van der Waals surface area contributed by atoms with E-state index in [1.54, 1.807) is 0 Å². The quantitative estimate of drug-likeness (QED) is 0.888. The monoisotopic (exact) mass is 275 g/mol. The molecule has 1 saturated carbocycles. The van der Waals surface area contributed by atoms with E-state index in [2.05, 4.69) is 6.07 Å². The number of rotatable bonds is 4. The first-order valence-corrected chi connectivity index (χ1v) is 7.74. The second-order valence-corrected chi connectivity index (χ2v) is 6.66. The van der Waals surface area contributed by atoms with Crippen LogP contribution in [0.5, 0.6) is 5.75 Å². The molecule has 1 aromatic carbocycles. The SMILES string of the molecule is CC(O)(CC1CCC1)C1(CN)CCOc2ccccc21. The molecular weight excluding hydrogens is 250 g/mol. The summed E-state index contributed by atoms with van der Waals surface area (Å²) < 4.78 is 5.75. The number of nitrogens with two attached hydrogens (primary N) is 1. The van der Waals surface area contributed by atoms with Crippen LogP contribution in [0.15, 0.2) is 24.3 Å². The molecule has 1 heterocycles. The van der Waals surface area contributed by atoms with Gasteiger partial charge < -0.3 is 15.6 Å². The van der Waals surface area contributed by atoms with E-state index in [1.807, 2.05) is 25.1 Å². The summed E-state index contributed by atoms with van der Waals surface area (Å²) in [6.07, 6.45) is 5.43. The first kappa shape index (κ1) is 13.9. The summed E-state index contributed by atoms with van der Waals surface area (Å²) in [7, 11) is 0. The van der Waals surface area contributed by atoms with Crippen LogP contribution < -0.4 is 10.5 Å². The molecule has 2 unspecified atom stereocenters. The summed E-state index contributed by atoms with van der Waals surface area (Å²) >= 11 is 0. The van der Waals surface area contributed by atoms with Crippen molar-refractivity contribution in [3.8, 4) is 5.75 Å². The van der Waals surface area contributed by atoms with Gasteiger partial charge in [0.2, 0.25) is 0 Å². The van der Waals surface area contributed by atoms with Gasteiger partial charge in [0.15, 0.2) is 0 Å². The lowest BCUT2D eigenvalue weighted by atomic mass is 9.60. The van der Waals surface area contributed by atoms with Gasteiger partial charge >= 0.3 is 0 Å². The first-order chi connectivity index (χ1) is 9.59. The molecule has 0 saturated heterocycles. The molecule has 1 fully saturated rings. The zero-order chi connectivity index (χ0) is 14.2. The van der Waals surface area contributed by atoms with Crippen LogP contribution in [0.3, 0.4) is 0 Å². The van der Waals surface area contributed by atoms with Crippen molar-refractivity contribution < 1.29 is 9.84 Å². The summed E-state index contributed by atoms with van der Waals surface area (Å²) in [5.41, 5.74) is 6.09. The molecule has 0 spiro atoms. The van der Waals surface area contributed by atoms with Crippen LogP contribution in [0.25, 0.3) is 0 Å². The molecule has 3 N–H and O–H groups in total. The molecule has 3 rings (SSSR count). The standard InChI is InChI=1S/C17H25NO2/c1-16(19,11-13-5-4-6-13)17(12-18)9-10-20-15-8-3-2-7-14(15)17/h2-3,7-8,13,19H,4-6,9-12,18H2,1H3. The van der Waals surface area contributed by atoms with E-state index in [-0.39, 0.29) is 5.41 Å². The topological polar surface area (TPSA) is 55.5 Å². The van der Waals surface area contributed by atoms with Gasteiger partial charge in [0.25, 0.3) is 0 Å². The van der Waals surface area contributed by atoms with Crippen molar-refractivity contribution >= 4 is 0 Å². The Labute approximate surface area is 121 Å². The van der Waals surface area contributed by atoms with Crippen molar-refractivity contribution in [2.75, 3.05) is 13.2 Å². The summed E-state index contributed by atoms with van der Waals surface area (Å²) in [5.74, 6) is 1.54. The number of aliphatic hydroxyl groups is 1. The third-order valence-electron chi connectivity index (χ3n) is 5.48. The van der Waals surface area contributed by atoms with E-state index in [0.717, 1.165) is 24.2 Å². The smallest absolute Gasteiger partial charge is 0.123 e. The molecule has 1 aliphatic carbocycles. The lowest BCUT2D eigenvalue weighted by molar-refractivity contribution is -0.0627. The van der Waals surface area contributed by atoms with Crippen LogP contribution in [-0.2, 0) is 5.41 Å². The second-order valence-electron chi connectivity index (χ2n) is 6.66. The van der Waals surface area contributed by atoms with Gasteiger partial charge in [-0.3, -0.25) is 0 Å². The lowest BCUT2D eigenvalue weighted by Gasteiger charge is -2.50. The van der Waals surface area contributed by atoms with Crippen molar-refractivity contribution in [2.45, 2.75) is 50.0 Å². The molecule has 1 aliphatic heterocycles. The Morgan fingerprint density at radius 3 is 2.80 bits per heavy atom. The van der Waals surface area contributed by atoms with Crippen LogP contribution >= 0.6 is 0 Å². The highest BCUT2D eigenvalue weighted by molar-refractivity contribution is 5.44. The summed E-state index contributed by atoms with van der Waals surface area (Å²) in [6, 6.07) is 8.04. The molecule has 0 aromatic heterocycles. The molecule has 20 heavy (non-hydrogen) atoms. The molecule has 3 nitrogen and oxygen atoms in total. The number of benzene rings is 1. The first-order valence-electron chi connectivity index (χ1n) is 7.74. The maximum absolute atomic E-state index is 11.2. The zero-order valence-corrected chi connectivity index (χ0v) is 12.3. The Morgan fingerprint density at radius 1 is 1.40 bits per heavy atom. The molecule has 3 heteroatoms. The molecule has 2 aliphatic rings. The van der Waals surface area contributed by atoms with Gasteiger partial charge in [-0.2, -0.15) is 0 Å². The normalized spacial score (nSPS) is 28.9. The van der Waals surface area contributed by atoms with E-state index < -0.39 is 5.60 Å². The lowest BCUT2D eigenvalue weighted by Crippen LogP contribution is -2.57. The second kappa shape index (κ2) is 5.05. The number of hydrogen-bond acceptors (Lipinski definition) is 3. The minimum absolute atomic E-state index is 0.378. The van der Waals surface area contributed by atoms with Crippen molar-refractivity contribution in [2.24, 2.45) is 11.7 Å². The summed E-state index contributed by atoms with van der Waals surface area (Å²) in [6.45, 7) is 3.07. The predicted octanol–water partition coefficient (Wildman–Crippen LogP) is 2.61. The molecule has 0 bridgehead atoms.